The number of hydrogen-bond donors (Lipinski definition) is 1. The minimum Gasteiger partial charge on any atom is -0.497 e. The summed E-state index contributed by atoms with van der Waals surface area (Å²) in [6, 6.07) is 17.0. The monoisotopic (exact) mass is 473 g/mol. The van der Waals surface area contributed by atoms with Gasteiger partial charge in [0.15, 0.2) is 0 Å². The van der Waals surface area contributed by atoms with Gasteiger partial charge in [-0.25, -0.2) is 9.48 Å². The van der Waals surface area contributed by atoms with Gasteiger partial charge >= 0.3 is 11.9 Å². The molecule has 180 valence electrons. The molecule has 2 atom stereocenters. The standard InChI is InChI=1S/C27H27N3O5/c1-16-22(26(31)34-4)24(23(17(2)28-16)27(32)35-5)21-15-30(19-9-7-6-8-10-19)29-25(21)18-11-13-20(33-3)14-12-18/h6-15,22,24,28H,1H2,2-5H3. The molecule has 1 aromatic heterocycles. The van der Waals surface area contributed by atoms with E-state index in [2.05, 4.69) is 11.9 Å². The van der Waals surface area contributed by atoms with Crippen LogP contribution in [0.5, 0.6) is 5.75 Å². The summed E-state index contributed by atoms with van der Waals surface area (Å²) in [5.74, 6) is -1.98. The lowest BCUT2D eigenvalue weighted by Gasteiger charge is -2.34. The van der Waals surface area contributed by atoms with E-state index in [9.17, 15) is 9.59 Å². The molecule has 0 bridgehead atoms. The van der Waals surface area contributed by atoms with Crippen LogP contribution in [0.2, 0.25) is 0 Å². The molecule has 8 nitrogen and oxygen atoms in total. The zero-order valence-electron chi connectivity index (χ0n) is 20.1. The average molecular weight is 474 g/mol. The van der Waals surface area contributed by atoms with Crippen molar-refractivity contribution < 1.29 is 23.8 Å². The predicted molar refractivity (Wildman–Crippen MR) is 131 cm³/mol. The Morgan fingerprint density at radius 3 is 2.29 bits per heavy atom. The number of esters is 2. The third-order valence-electron chi connectivity index (χ3n) is 6.09. The molecule has 0 aliphatic carbocycles. The molecule has 0 radical (unpaired) electrons. The highest BCUT2D eigenvalue weighted by Gasteiger charge is 2.44. The molecule has 2 aromatic carbocycles. The lowest BCUT2D eigenvalue weighted by atomic mass is 9.75. The zero-order valence-corrected chi connectivity index (χ0v) is 20.1. The average Bonchev–Trinajstić information content (AvgIpc) is 3.33. The van der Waals surface area contributed by atoms with E-state index in [0.29, 0.717) is 34.0 Å². The molecular weight excluding hydrogens is 446 g/mol. The molecule has 1 aliphatic rings. The fourth-order valence-corrected chi connectivity index (χ4v) is 4.42. The molecular formula is C27H27N3O5. The number of carbonyl (C=O) groups excluding carboxylic acids is 2. The van der Waals surface area contributed by atoms with Crippen LogP contribution in [-0.2, 0) is 19.1 Å². The Balaban J connectivity index is 2.00. The van der Waals surface area contributed by atoms with Crippen molar-refractivity contribution in [2.45, 2.75) is 12.8 Å². The van der Waals surface area contributed by atoms with Crippen molar-refractivity contribution in [2.24, 2.45) is 5.92 Å². The molecule has 0 spiro atoms. The third kappa shape index (κ3) is 4.42. The second-order valence-electron chi connectivity index (χ2n) is 8.10. The first kappa shape index (κ1) is 23.8. The third-order valence-corrected chi connectivity index (χ3v) is 6.09. The van der Waals surface area contributed by atoms with E-state index in [1.807, 2.05) is 60.8 Å². The molecule has 0 saturated carbocycles. The van der Waals surface area contributed by atoms with Crippen molar-refractivity contribution in [3.8, 4) is 22.7 Å². The summed E-state index contributed by atoms with van der Waals surface area (Å²) in [4.78, 5) is 26.0. The van der Waals surface area contributed by atoms with Crippen molar-refractivity contribution in [2.75, 3.05) is 21.3 Å². The summed E-state index contributed by atoms with van der Waals surface area (Å²) in [7, 11) is 4.23. The summed E-state index contributed by atoms with van der Waals surface area (Å²) in [5.41, 5.74) is 4.20. The normalized spacial score (nSPS) is 17.5. The number of rotatable bonds is 6. The summed E-state index contributed by atoms with van der Waals surface area (Å²) >= 11 is 0. The number of nitrogens with zero attached hydrogens (tertiary/aromatic N) is 2. The summed E-state index contributed by atoms with van der Waals surface area (Å²) in [6.07, 6.45) is 1.84. The van der Waals surface area contributed by atoms with Gasteiger partial charge in [0, 0.05) is 34.6 Å². The minimum atomic E-state index is -0.872. The topological polar surface area (TPSA) is 91.7 Å². The number of para-hydroxylation sites is 1. The number of aromatic nitrogens is 2. The molecule has 1 N–H and O–H groups in total. The minimum absolute atomic E-state index is 0.317. The summed E-state index contributed by atoms with van der Waals surface area (Å²) in [5, 5.41) is 7.93. The van der Waals surface area contributed by atoms with E-state index < -0.39 is 23.8 Å². The van der Waals surface area contributed by atoms with Gasteiger partial charge in [0.25, 0.3) is 0 Å². The SMILES string of the molecule is C=C1NC(C)=C(C(=O)OC)C(c2cn(-c3ccccc3)nc2-c2ccc(OC)cc2)C1C(=O)OC. The maximum absolute atomic E-state index is 13.0. The van der Waals surface area contributed by atoms with Gasteiger partial charge in [0.2, 0.25) is 0 Å². The van der Waals surface area contributed by atoms with Crippen molar-refractivity contribution in [3.63, 3.8) is 0 Å². The first-order valence-electron chi connectivity index (χ1n) is 11.0. The molecule has 0 fully saturated rings. The van der Waals surface area contributed by atoms with Crippen LogP contribution < -0.4 is 10.1 Å². The van der Waals surface area contributed by atoms with Crippen LogP contribution in [0.1, 0.15) is 18.4 Å². The first-order valence-corrected chi connectivity index (χ1v) is 11.0. The maximum Gasteiger partial charge on any atom is 0.336 e. The number of nitrogens with one attached hydrogen (secondary N) is 1. The van der Waals surface area contributed by atoms with Gasteiger partial charge in [-0.05, 0) is 43.3 Å². The Kier molecular flexibility index (Phi) is 6.73. The second-order valence-corrected chi connectivity index (χ2v) is 8.10. The molecule has 0 amide bonds. The van der Waals surface area contributed by atoms with Gasteiger partial charge in [0.1, 0.15) is 11.7 Å². The van der Waals surface area contributed by atoms with Crippen molar-refractivity contribution in [1.29, 1.82) is 0 Å². The number of allylic oxidation sites excluding steroid dienone is 1. The molecule has 4 rings (SSSR count). The number of methoxy groups -OCH3 is 3. The van der Waals surface area contributed by atoms with Gasteiger partial charge in [-0.1, -0.05) is 24.8 Å². The Morgan fingerprint density at radius 1 is 1.00 bits per heavy atom. The van der Waals surface area contributed by atoms with E-state index in [4.69, 9.17) is 19.3 Å². The largest absolute Gasteiger partial charge is 0.497 e. The fourth-order valence-electron chi connectivity index (χ4n) is 4.42. The number of carbonyl (C=O) groups is 2. The van der Waals surface area contributed by atoms with Crippen molar-refractivity contribution >= 4 is 11.9 Å². The molecule has 1 aliphatic heterocycles. The molecule has 0 saturated heterocycles. The van der Waals surface area contributed by atoms with Crippen LogP contribution in [0.15, 0.2) is 84.3 Å². The molecule has 35 heavy (non-hydrogen) atoms. The second kappa shape index (κ2) is 9.89. The van der Waals surface area contributed by atoms with Gasteiger partial charge in [-0.3, -0.25) is 4.79 Å². The van der Waals surface area contributed by atoms with Gasteiger partial charge < -0.3 is 19.5 Å². The van der Waals surface area contributed by atoms with Crippen LogP contribution in [0.25, 0.3) is 16.9 Å². The number of benzene rings is 2. The highest BCUT2D eigenvalue weighted by molar-refractivity contribution is 5.94. The van der Waals surface area contributed by atoms with Crippen LogP contribution in [0.3, 0.4) is 0 Å². The molecule has 2 heterocycles. The van der Waals surface area contributed by atoms with E-state index in [-0.39, 0.29) is 0 Å². The number of ether oxygens (including phenoxy) is 3. The van der Waals surface area contributed by atoms with Crippen LogP contribution >= 0.6 is 0 Å². The molecule has 3 aromatic rings. The smallest absolute Gasteiger partial charge is 0.336 e. The van der Waals surface area contributed by atoms with E-state index >= 15 is 0 Å². The van der Waals surface area contributed by atoms with E-state index in [1.165, 1.54) is 14.2 Å². The first-order chi connectivity index (χ1) is 16.9. The predicted octanol–water partition coefficient (Wildman–Crippen LogP) is 3.98. The lowest BCUT2D eigenvalue weighted by Crippen LogP contribution is -2.39. The Bertz CT molecular complexity index is 1290. The number of hydrogen-bond acceptors (Lipinski definition) is 7. The van der Waals surface area contributed by atoms with Gasteiger partial charge in [-0.15, -0.1) is 0 Å². The zero-order chi connectivity index (χ0) is 25.1. The quantitative estimate of drug-likeness (QED) is 0.542. The fraction of sp³-hybridized carbons (Fsp3) is 0.222. The highest BCUT2D eigenvalue weighted by Crippen LogP contribution is 2.44. The van der Waals surface area contributed by atoms with Crippen LogP contribution in [-0.4, -0.2) is 43.0 Å². The Hall–Kier alpha value is -4.33. The van der Waals surface area contributed by atoms with E-state index in [0.717, 1.165) is 11.3 Å². The van der Waals surface area contributed by atoms with E-state index in [1.54, 1.807) is 18.7 Å². The molecule has 2 unspecified atom stereocenters. The van der Waals surface area contributed by atoms with Crippen LogP contribution in [0, 0.1) is 5.92 Å². The molecule has 8 heteroatoms. The van der Waals surface area contributed by atoms with Gasteiger partial charge in [0.05, 0.1) is 38.3 Å². The lowest BCUT2D eigenvalue weighted by molar-refractivity contribution is -0.145. The van der Waals surface area contributed by atoms with Crippen molar-refractivity contribution in [1.82, 2.24) is 15.1 Å². The van der Waals surface area contributed by atoms with Crippen molar-refractivity contribution in [3.05, 3.63) is 89.9 Å². The highest BCUT2D eigenvalue weighted by atomic mass is 16.5. The summed E-state index contributed by atoms with van der Waals surface area (Å²) < 4.78 is 17.3. The Labute approximate surface area is 203 Å². The summed E-state index contributed by atoms with van der Waals surface area (Å²) in [6.45, 7) is 5.82. The maximum atomic E-state index is 13.0. The van der Waals surface area contributed by atoms with Gasteiger partial charge in [-0.2, -0.15) is 5.10 Å². The Morgan fingerprint density at radius 2 is 1.69 bits per heavy atom. The van der Waals surface area contributed by atoms with Crippen LogP contribution in [0.4, 0.5) is 0 Å².